The van der Waals surface area contributed by atoms with Gasteiger partial charge in [-0.05, 0) is 282 Å². The lowest BCUT2D eigenvalue weighted by Gasteiger charge is -2.32. The molecule has 0 aliphatic carbocycles. The number of benzene rings is 16. The van der Waals surface area contributed by atoms with Crippen LogP contribution >= 0.6 is 34.0 Å². The Morgan fingerprint density at radius 2 is 0.471 bits per heavy atom. The van der Waals surface area contributed by atoms with Crippen molar-refractivity contribution in [3.8, 4) is 89.0 Å². The molecule has 20 aromatic rings. The SMILES string of the molecule is CC1(C)OB(c2cc(-c3ccccc3)cc(-c3ccc(-c4cccc5c4sc4ccccc45)cc3)c2)OC1(C)C.CC1(C)OB(c2cc(-c3ccccc3)cc(-c3ccc4c(c3)oc3ccccc34)c2)OC1(C)C.CC1(C)OB(c2cc(-c3ccccc3)cc(-c3cccc4c3sc3ccccc34)c2)OC1(C)C.CC1(C)OB(c2cccc(-c3cccc4sc5ccccc5c34)c2)OC1(C)C. The van der Waals surface area contributed by atoms with E-state index in [1.807, 2.05) is 58.3 Å². The molecule has 0 saturated carbocycles. The van der Waals surface area contributed by atoms with Crippen LogP contribution in [-0.4, -0.2) is 73.3 Å². The highest BCUT2D eigenvalue weighted by Gasteiger charge is 2.55. The van der Waals surface area contributed by atoms with Gasteiger partial charge in [-0.15, -0.1) is 34.0 Å². The monoisotopic (exact) mass is 1830 g/mol. The third kappa shape index (κ3) is 17.1. The van der Waals surface area contributed by atoms with Gasteiger partial charge >= 0.3 is 28.5 Å². The van der Waals surface area contributed by atoms with E-state index < -0.39 is 43.8 Å². The summed E-state index contributed by atoms with van der Waals surface area (Å²) in [6.07, 6.45) is 0. The van der Waals surface area contributed by atoms with Crippen LogP contribution in [-0.2, 0) is 37.2 Å². The fourth-order valence-corrected chi connectivity index (χ4v) is 22.3. The van der Waals surface area contributed by atoms with Crippen LogP contribution in [0.25, 0.3) is 171 Å². The molecule has 4 aromatic heterocycles. The van der Waals surface area contributed by atoms with Crippen molar-refractivity contribution in [2.45, 2.75) is 156 Å². The highest BCUT2D eigenvalue weighted by Crippen LogP contribution is 2.48. The zero-order valence-electron chi connectivity index (χ0n) is 79.8. The third-order valence-corrected chi connectivity index (χ3v) is 32.8. The molecule has 4 fully saturated rings. The molecule has 0 bridgehead atoms. The Kier molecular flexibility index (Phi) is 23.4. The molecule has 9 nitrogen and oxygen atoms in total. The van der Waals surface area contributed by atoms with Gasteiger partial charge in [0.15, 0.2) is 0 Å². The molecule has 4 aliphatic rings. The van der Waals surface area contributed by atoms with E-state index in [9.17, 15) is 0 Å². The van der Waals surface area contributed by atoms with Crippen LogP contribution in [0.15, 0.2) is 368 Å². The van der Waals surface area contributed by atoms with Gasteiger partial charge in [-0.1, -0.05) is 303 Å². The minimum absolute atomic E-state index is 0.336. The van der Waals surface area contributed by atoms with Gasteiger partial charge in [0, 0.05) is 71.3 Å². The molecule has 0 amide bonds. The van der Waals surface area contributed by atoms with Crippen LogP contribution in [0.1, 0.15) is 111 Å². The van der Waals surface area contributed by atoms with Crippen LogP contribution in [0.2, 0.25) is 0 Å². The maximum absolute atomic E-state index is 6.45. The first kappa shape index (κ1) is 90.4. The molecule has 136 heavy (non-hydrogen) atoms. The van der Waals surface area contributed by atoms with E-state index in [0.29, 0.717) is 0 Å². The van der Waals surface area contributed by atoms with E-state index in [4.69, 9.17) is 41.7 Å². The van der Waals surface area contributed by atoms with Gasteiger partial charge in [-0.25, -0.2) is 0 Å². The summed E-state index contributed by atoms with van der Waals surface area (Å²) < 4.78 is 65.2. The van der Waals surface area contributed by atoms with Crippen molar-refractivity contribution in [3.05, 3.63) is 364 Å². The minimum atomic E-state index is -0.428. The first-order chi connectivity index (χ1) is 65.3. The van der Waals surface area contributed by atoms with Gasteiger partial charge in [0.25, 0.3) is 0 Å². The normalized spacial score (nSPS) is 17.0. The first-order valence-corrected chi connectivity index (χ1v) is 49.6. The van der Waals surface area contributed by atoms with Crippen molar-refractivity contribution < 1.29 is 41.7 Å². The maximum atomic E-state index is 6.45. The summed E-state index contributed by atoms with van der Waals surface area (Å²) in [6.45, 7) is 33.5. The van der Waals surface area contributed by atoms with Crippen LogP contribution in [0.3, 0.4) is 0 Å². The number of para-hydroxylation sites is 1. The summed E-state index contributed by atoms with van der Waals surface area (Å²) >= 11 is 5.58. The quantitative estimate of drug-likeness (QED) is 0.111. The molecule has 0 radical (unpaired) electrons. The summed E-state index contributed by atoms with van der Waals surface area (Å²) in [5.41, 5.74) is 21.8. The summed E-state index contributed by atoms with van der Waals surface area (Å²) in [4.78, 5) is 0. The summed E-state index contributed by atoms with van der Waals surface area (Å²) in [5, 5.41) is 10.2. The van der Waals surface area contributed by atoms with Gasteiger partial charge in [0.1, 0.15) is 11.2 Å². The van der Waals surface area contributed by atoms with E-state index in [0.717, 1.165) is 77.2 Å². The van der Waals surface area contributed by atoms with E-state index in [1.165, 1.54) is 116 Å². The van der Waals surface area contributed by atoms with Crippen molar-refractivity contribution >= 4 is 167 Å². The highest BCUT2D eigenvalue weighted by atomic mass is 32.1. The average Bonchev–Trinajstić information content (AvgIpc) is 1.60. The minimum Gasteiger partial charge on any atom is -0.456 e. The predicted molar refractivity (Wildman–Crippen MR) is 578 cm³/mol. The standard InChI is InChI=1S/C36H31BO2S.C30H27BO3.C30H27BO2S.C24H23BO2S/c1-35(2)36(3,4)39-37(38-35)29-22-27(24-11-6-5-7-12-24)21-28(23-29)25-17-19-26(20-18-25)30-14-10-15-32-31-13-8-9-16-33(31)40-34(30)32;1-29(2)30(3,4)34-31(33-29)24-17-22(20-10-6-5-7-11-20)16-23(18-24)21-14-15-26-25-12-8-9-13-27(25)32-28(26)19-21;1-29(2)30(3,4)33-31(32-29)23-18-21(20-11-6-5-7-12-20)17-22(19-23)24-14-10-15-26-25-13-8-9-16-27(25)34-28(24)26;1-23(2)24(3,4)27-25(26-23)17-10-7-9-16(15-17)18-12-8-14-21-22(18)19-11-5-6-13-20(19)28-21/h5-23H,1-4H3;2*5-19H,1-4H3;5-15H,1-4H3. The summed E-state index contributed by atoms with van der Waals surface area (Å²) in [6, 6.07) is 130. The Morgan fingerprint density at radius 3 is 0.926 bits per heavy atom. The second kappa shape index (κ2) is 35.2. The first-order valence-electron chi connectivity index (χ1n) is 47.2. The lowest BCUT2D eigenvalue weighted by Crippen LogP contribution is -2.41. The molecule has 24 rings (SSSR count). The van der Waals surface area contributed by atoms with E-state index in [2.05, 4.69) is 450 Å². The Labute approximate surface area is 810 Å². The molecular weight excluding hydrogens is 1720 g/mol. The Balaban J connectivity index is 0.000000109. The van der Waals surface area contributed by atoms with Crippen LogP contribution in [0, 0.1) is 0 Å². The van der Waals surface area contributed by atoms with E-state index in [-0.39, 0.29) is 29.5 Å². The molecular formula is C120H108B4O9S3. The molecule has 16 heteroatoms. The molecule has 16 aromatic carbocycles. The molecule has 8 heterocycles. The molecule has 0 unspecified atom stereocenters. The number of fused-ring (bicyclic) bond motifs is 12. The number of rotatable bonds is 12. The molecule has 0 N–H and O–H groups in total. The number of thiophene rings is 3. The zero-order chi connectivity index (χ0) is 94.0. The van der Waals surface area contributed by atoms with Gasteiger partial charge in [-0.3, -0.25) is 0 Å². The largest absolute Gasteiger partial charge is 0.494 e. The van der Waals surface area contributed by atoms with Gasteiger partial charge in [0.05, 0.1) is 44.8 Å². The summed E-state index contributed by atoms with van der Waals surface area (Å²) in [5.74, 6) is 0. The average molecular weight is 1830 g/mol. The molecule has 4 aliphatic heterocycles. The molecule has 4 saturated heterocycles. The second-order valence-electron chi connectivity index (χ2n) is 40.3. The van der Waals surface area contributed by atoms with Crippen molar-refractivity contribution in [1.29, 1.82) is 0 Å². The fraction of sp³-hybridized carbons (Fsp3) is 0.200. The van der Waals surface area contributed by atoms with E-state index >= 15 is 0 Å². The Hall–Kier alpha value is -12.1. The number of hydrogen-bond acceptors (Lipinski definition) is 12. The number of furan rings is 1. The molecule has 0 atom stereocenters. The Morgan fingerprint density at radius 1 is 0.176 bits per heavy atom. The highest BCUT2D eigenvalue weighted by molar-refractivity contribution is 7.27. The van der Waals surface area contributed by atoms with E-state index in [1.54, 1.807) is 0 Å². The lowest BCUT2D eigenvalue weighted by atomic mass is 9.76. The topological polar surface area (TPSA) is 87.0 Å². The third-order valence-electron chi connectivity index (χ3n) is 29.3. The van der Waals surface area contributed by atoms with Crippen LogP contribution < -0.4 is 21.9 Å². The van der Waals surface area contributed by atoms with Crippen molar-refractivity contribution in [3.63, 3.8) is 0 Å². The number of hydrogen-bond donors (Lipinski definition) is 0. The molecule has 672 valence electrons. The zero-order valence-corrected chi connectivity index (χ0v) is 82.3. The summed E-state index contributed by atoms with van der Waals surface area (Å²) in [7, 11) is -1.60. The van der Waals surface area contributed by atoms with Crippen molar-refractivity contribution in [2.24, 2.45) is 0 Å². The maximum Gasteiger partial charge on any atom is 0.494 e. The predicted octanol–water partition coefficient (Wildman–Crippen LogP) is 30.3. The molecule has 0 spiro atoms. The lowest BCUT2D eigenvalue weighted by molar-refractivity contribution is 0.00578. The van der Waals surface area contributed by atoms with Crippen LogP contribution in [0.5, 0.6) is 0 Å². The van der Waals surface area contributed by atoms with Crippen LogP contribution in [0.4, 0.5) is 0 Å². The van der Waals surface area contributed by atoms with Gasteiger partial charge in [0.2, 0.25) is 0 Å². The van der Waals surface area contributed by atoms with Gasteiger partial charge in [-0.2, -0.15) is 0 Å². The Bertz CT molecular complexity index is 7860. The van der Waals surface area contributed by atoms with Crippen molar-refractivity contribution in [2.75, 3.05) is 0 Å². The smallest absolute Gasteiger partial charge is 0.456 e. The fourth-order valence-electron chi connectivity index (χ4n) is 18.7. The van der Waals surface area contributed by atoms with Gasteiger partial charge < -0.3 is 41.7 Å². The second-order valence-corrected chi connectivity index (χ2v) is 43.5. The van der Waals surface area contributed by atoms with Crippen molar-refractivity contribution in [1.82, 2.24) is 0 Å².